The van der Waals surface area contributed by atoms with Gasteiger partial charge in [-0.25, -0.2) is 4.68 Å². The van der Waals surface area contributed by atoms with Crippen molar-refractivity contribution in [2.75, 3.05) is 0 Å². The van der Waals surface area contributed by atoms with Gasteiger partial charge in [-0.3, -0.25) is 0 Å². The Hall–Kier alpha value is -1.19. The highest BCUT2D eigenvalue weighted by Crippen LogP contribution is 2.29. The fraction of sp³-hybridized carbons (Fsp3) is 0.0909. The number of aryl methyl sites for hydroxylation is 1. The van der Waals surface area contributed by atoms with E-state index in [0.717, 1.165) is 15.0 Å². The van der Waals surface area contributed by atoms with E-state index in [1.165, 1.54) is 4.80 Å². The molecule has 0 aliphatic carbocycles. The van der Waals surface area contributed by atoms with Crippen LogP contribution in [-0.2, 0) is 7.05 Å². The van der Waals surface area contributed by atoms with Gasteiger partial charge < -0.3 is 0 Å². The van der Waals surface area contributed by atoms with Gasteiger partial charge in [0, 0.05) is 5.02 Å². The lowest BCUT2D eigenvalue weighted by Gasteiger charge is -2.06. The molecule has 0 saturated heterocycles. The molecule has 0 unspecified atom stereocenters. The number of benzene rings is 1. The summed E-state index contributed by atoms with van der Waals surface area (Å²) in [5.41, 5.74) is 1.54. The fourth-order valence-electron chi connectivity index (χ4n) is 1.70. The van der Waals surface area contributed by atoms with E-state index in [1.54, 1.807) is 30.1 Å². The first-order valence-corrected chi connectivity index (χ1v) is 7.33. The minimum Gasteiger partial charge on any atom is -0.225 e. The maximum Gasteiger partial charge on any atom is 0.209 e. The molecular formula is C11H7Cl2IN6. The normalized spacial score (nSPS) is 11.0. The summed E-state index contributed by atoms with van der Waals surface area (Å²) in [6.45, 7) is 0. The van der Waals surface area contributed by atoms with Crippen LogP contribution in [0.4, 0.5) is 0 Å². The van der Waals surface area contributed by atoms with Crippen molar-refractivity contribution in [3.05, 3.63) is 38.1 Å². The number of rotatable bonds is 2. The van der Waals surface area contributed by atoms with Crippen LogP contribution in [0.15, 0.2) is 24.4 Å². The van der Waals surface area contributed by atoms with Gasteiger partial charge in [-0.1, -0.05) is 23.2 Å². The molecule has 0 atom stereocenters. The lowest BCUT2D eigenvalue weighted by Crippen LogP contribution is -2.00. The first-order chi connectivity index (χ1) is 9.56. The minimum atomic E-state index is 0.522. The van der Waals surface area contributed by atoms with Crippen LogP contribution < -0.4 is 0 Å². The minimum absolute atomic E-state index is 0.522. The Labute approximate surface area is 137 Å². The molecule has 2 aromatic heterocycles. The van der Waals surface area contributed by atoms with E-state index in [2.05, 4.69) is 43.1 Å². The SMILES string of the molecule is Cn1nnc(-c2cnn(-c3ccc(Cl)cc3Cl)c2I)n1. The van der Waals surface area contributed by atoms with E-state index < -0.39 is 0 Å². The molecule has 20 heavy (non-hydrogen) atoms. The molecule has 3 rings (SSSR count). The van der Waals surface area contributed by atoms with E-state index in [0.29, 0.717) is 15.9 Å². The van der Waals surface area contributed by atoms with Gasteiger partial charge in [0.2, 0.25) is 5.82 Å². The van der Waals surface area contributed by atoms with E-state index in [4.69, 9.17) is 23.2 Å². The monoisotopic (exact) mass is 420 g/mol. The van der Waals surface area contributed by atoms with Crippen LogP contribution >= 0.6 is 45.8 Å². The van der Waals surface area contributed by atoms with Gasteiger partial charge in [-0.05, 0) is 46.0 Å². The molecule has 0 amide bonds. The Morgan fingerprint density at radius 1 is 1.25 bits per heavy atom. The largest absolute Gasteiger partial charge is 0.225 e. The molecule has 0 aliphatic rings. The lowest BCUT2D eigenvalue weighted by molar-refractivity contribution is 0.630. The number of hydrogen-bond donors (Lipinski definition) is 0. The number of nitrogens with zero attached hydrogens (tertiary/aromatic N) is 6. The van der Waals surface area contributed by atoms with Gasteiger partial charge in [-0.15, -0.1) is 10.2 Å². The molecule has 6 nitrogen and oxygen atoms in total. The number of halogens is 3. The Bertz CT molecular complexity index is 781. The van der Waals surface area contributed by atoms with Crippen molar-refractivity contribution in [3.8, 4) is 17.1 Å². The maximum absolute atomic E-state index is 6.20. The zero-order valence-corrected chi connectivity index (χ0v) is 13.8. The van der Waals surface area contributed by atoms with Crippen LogP contribution in [0.2, 0.25) is 10.0 Å². The molecule has 3 aromatic rings. The highest BCUT2D eigenvalue weighted by atomic mass is 127. The Morgan fingerprint density at radius 2 is 2.05 bits per heavy atom. The van der Waals surface area contributed by atoms with Crippen molar-refractivity contribution in [1.29, 1.82) is 0 Å². The predicted molar refractivity (Wildman–Crippen MR) is 84.1 cm³/mol. The van der Waals surface area contributed by atoms with Crippen molar-refractivity contribution in [2.24, 2.45) is 7.05 Å². The molecular weight excluding hydrogens is 414 g/mol. The third-order valence-electron chi connectivity index (χ3n) is 2.60. The lowest BCUT2D eigenvalue weighted by atomic mass is 10.3. The third-order valence-corrected chi connectivity index (χ3v) is 4.17. The summed E-state index contributed by atoms with van der Waals surface area (Å²) in [6.07, 6.45) is 1.68. The van der Waals surface area contributed by atoms with Gasteiger partial charge in [0.05, 0.1) is 29.5 Å². The third kappa shape index (κ3) is 2.40. The number of tetrazole rings is 1. The summed E-state index contributed by atoms with van der Waals surface area (Å²) in [6, 6.07) is 5.25. The molecule has 1 aromatic carbocycles. The standard InChI is InChI=1S/C11H7Cl2IN6/c1-19-17-11(16-18-19)7-5-15-20(10(7)14)9-3-2-6(12)4-8(9)13/h2-5H,1H3. The highest BCUT2D eigenvalue weighted by Gasteiger charge is 2.16. The van der Waals surface area contributed by atoms with E-state index in [9.17, 15) is 0 Å². The number of aromatic nitrogens is 6. The molecule has 0 radical (unpaired) electrons. The molecule has 0 saturated carbocycles. The van der Waals surface area contributed by atoms with Gasteiger partial charge in [0.1, 0.15) is 3.70 Å². The summed E-state index contributed by atoms with van der Waals surface area (Å²) < 4.78 is 2.56. The summed E-state index contributed by atoms with van der Waals surface area (Å²) in [5.74, 6) is 0.522. The molecule has 0 fully saturated rings. The average Bonchev–Trinajstić information content (AvgIpc) is 2.96. The number of hydrogen-bond acceptors (Lipinski definition) is 4. The van der Waals surface area contributed by atoms with Crippen molar-refractivity contribution in [3.63, 3.8) is 0 Å². The predicted octanol–water partition coefficient (Wildman–Crippen LogP) is 2.97. The smallest absolute Gasteiger partial charge is 0.209 e. The molecule has 102 valence electrons. The fourth-order valence-corrected chi connectivity index (χ4v) is 2.95. The second kappa shape index (κ2) is 5.30. The molecule has 0 N–H and O–H groups in total. The highest BCUT2D eigenvalue weighted by molar-refractivity contribution is 14.1. The van der Waals surface area contributed by atoms with Crippen molar-refractivity contribution in [2.45, 2.75) is 0 Å². The van der Waals surface area contributed by atoms with E-state index >= 15 is 0 Å². The quantitative estimate of drug-likeness (QED) is 0.598. The van der Waals surface area contributed by atoms with Crippen LogP contribution in [0.25, 0.3) is 17.1 Å². The molecule has 0 aliphatic heterocycles. The van der Waals surface area contributed by atoms with Gasteiger partial charge >= 0.3 is 0 Å². The van der Waals surface area contributed by atoms with Crippen LogP contribution in [-0.4, -0.2) is 30.0 Å². The zero-order chi connectivity index (χ0) is 14.3. The van der Waals surface area contributed by atoms with E-state index in [-0.39, 0.29) is 0 Å². The first-order valence-electron chi connectivity index (χ1n) is 5.49. The van der Waals surface area contributed by atoms with Crippen LogP contribution in [0.1, 0.15) is 0 Å². The van der Waals surface area contributed by atoms with Gasteiger partial charge in [0.25, 0.3) is 0 Å². The van der Waals surface area contributed by atoms with Crippen molar-refractivity contribution >= 4 is 45.8 Å². The molecule has 2 heterocycles. The maximum atomic E-state index is 6.20. The van der Waals surface area contributed by atoms with E-state index in [1.807, 2.05) is 6.07 Å². The summed E-state index contributed by atoms with van der Waals surface area (Å²) >= 11 is 14.3. The molecule has 0 spiro atoms. The van der Waals surface area contributed by atoms with Crippen molar-refractivity contribution in [1.82, 2.24) is 30.0 Å². The zero-order valence-electron chi connectivity index (χ0n) is 10.1. The summed E-state index contributed by atoms with van der Waals surface area (Å²) in [5, 5.41) is 17.4. The first kappa shape index (κ1) is 13.8. The van der Waals surface area contributed by atoms with Crippen LogP contribution in [0, 0.1) is 3.70 Å². The Balaban J connectivity index is 2.10. The van der Waals surface area contributed by atoms with Gasteiger partial charge in [0.15, 0.2) is 0 Å². The summed E-state index contributed by atoms with van der Waals surface area (Å²) in [7, 11) is 1.71. The van der Waals surface area contributed by atoms with Gasteiger partial charge in [-0.2, -0.15) is 9.90 Å². The van der Waals surface area contributed by atoms with Crippen LogP contribution in [0.3, 0.4) is 0 Å². The second-order valence-electron chi connectivity index (χ2n) is 3.96. The second-order valence-corrected chi connectivity index (χ2v) is 5.82. The van der Waals surface area contributed by atoms with Crippen LogP contribution in [0.5, 0.6) is 0 Å². The Kier molecular flexibility index (Phi) is 3.65. The van der Waals surface area contributed by atoms with Crippen molar-refractivity contribution < 1.29 is 0 Å². The molecule has 0 bridgehead atoms. The Morgan fingerprint density at radius 3 is 2.70 bits per heavy atom. The summed E-state index contributed by atoms with van der Waals surface area (Å²) in [4.78, 5) is 1.40. The molecule has 9 heteroatoms. The average molecular weight is 421 g/mol. The topological polar surface area (TPSA) is 61.4 Å².